The number of nitrogens with one attached hydrogen (secondary N) is 1. The van der Waals surface area contributed by atoms with Gasteiger partial charge in [0.05, 0.1) is 6.61 Å². The SMILES string of the molecule is CNC(c1ccc(F)cc1F)C1(CO)CC1. The minimum atomic E-state index is -0.579. The molecule has 2 rings (SSSR count). The van der Waals surface area contributed by atoms with Crippen LogP contribution in [0.25, 0.3) is 0 Å². The third-order valence-corrected chi connectivity index (χ3v) is 3.38. The minimum Gasteiger partial charge on any atom is -0.396 e. The first-order chi connectivity index (χ1) is 7.63. The number of aliphatic hydroxyl groups is 1. The predicted molar refractivity (Wildman–Crippen MR) is 56.9 cm³/mol. The molecule has 2 N–H and O–H groups in total. The van der Waals surface area contributed by atoms with Crippen LogP contribution in [-0.4, -0.2) is 18.8 Å². The van der Waals surface area contributed by atoms with Crippen molar-refractivity contribution in [2.24, 2.45) is 5.41 Å². The van der Waals surface area contributed by atoms with Gasteiger partial charge in [-0.1, -0.05) is 6.07 Å². The van der Waals surface area contributed by atoms with E-state index < -0.39 is 11.6 Å². The fourth-order valence-electron chi connectivity index (χ4n) is 2.23. The van der Waals surface area contributed by atoms with Gasteiger partial charge in [0, 0.05) is 23.1 Å². The standard InChI is InChI=1S/C12H15F2NO/c1-15-11(12(7-16)4-5-12)9-3-2-8(13)6-10(9)14/h2-3,6,11,15-16H,4-5,7H2,1H3. The van der Waals surface area contributed by atoms with Crippen molar-refractivity contribution >= 4 is 0 Å². The van der Waals surface area contributed by atoms with Crippen LogP contribution in [0.2, 0.25) is 0 Å². The molecule has 88 valence electrons. The first-order valence-electron chi connectivity index (χ1n) is 5.36. The van der Waals surface area contributed by atoms with Crippen molar-refractivity contribution < 1.29 is 13.9 Å². The average Bonchev–Trinajstić information content (AvgIpc) is 3.03. The van der Waals surface area contributed by atoms with Gasteiger partial charge in [-0.3, -0.25) is 0 Å². The molecule has 1 fully saturated rings. The maximum atomic E-state index is 13.6. The molecule has 1 aromatic rings. The summed E-state index contributed by atoms with van der Waals surface area (Å²) < 4.78 is 26.4. The van der Waals surface area contributed by atoms with Gasteiger partial charge in [-0.05, 0) is 26.0 Å². The molecule has 1 aliphatic carbocycles. The number of halogens is 2. The van der Waals surface area contributed by atoms with E-state index in [1.807, 2.05) is 0 Å². The normalized spacial score (nSPS) is 19.5. The van der Waals surface area contributed by atoms with Gasteiger partial charge in [0.25, 0.3) is 0 Å². The van der Waals surface area contributed by atoms with E-state index in [1.165, 1.54) is 12.1 Å². The number of hydrogen-bond acceptors (Lipinski definition) is 2. The third kappa shape index (κ3) is 1.83. The fourth-order valence-corrected chi connectivity index (χ4v) is 2.23. The van der Waals surface area contributed by atoms with Crippen LogP contribution in [0.5, 0.6) is 0 Å². The Bertz CT molecular complexity index is 391. The molecule has 1 unspecified atom stereocenters. The van der Waals surface area contributed by atoms with Crippen molar-refractivity contribution in [3.8, 4) is 0 Å². The Hall–Kier alpha value is -1.00. The van der Waals surface area contributed by atoms with Gasteiger partial charge in [0.1, 0.15) is 11.6 Å². The van der Waals surface area contributed by atoms with Gasteiger partial charge in [0.15, 0.2) is 0 Å². The van der Waals surface area contributed by atoms with Crippen LogP contribution in [0.3, 0.4) is 0 Å². The highest BCUT2D eigenvalue weighted by atomic mass is 19.1. The molecular formula is C12H15F2NO. The number of rotatable bonds is 4. The Morgan fingerprint density at radius 1 is 1.44 bits per heavy atom. The van der Waals surface area contributed by atoms with Gasteiger partial charge >= 0.3 is 0 Å². The van der Waals surface area contributed by atoms with Gasteiger partial charge in [-0.15, -0.1) is 0 Å². The first kappa shape index (κ1) is 11.5. The van der Waals surface area contributed by atoms with Crippen LogP contribution >= 0.6 is 0 Å². The van der Waals surface area contributed by atoms with Crippen LogP contribution in [0.1, 0.15) is 24.4 Å². The molecule has 0 aromatic heterocycles. The van der Waals surface area contributed by atoms with E-state index in [-0.39, 0.29) is 18.1 Å². The molecule has 0 aliphatic heterocycles. The van der Waals surface area contributed by atoms with Gasteiger partial charge in [-0.2, -0.15) is 0 Å². The van der Waals surface area contributed by atoms with Crippen LogP contribution < -0.4 is 5.32 Å². The highest BCUT2D eigenvalue weighted by Crippen LogP contribution is 2.54. The molecule has 4 heteroatoms. The lowest BCUT2D eigenvalue weighted by Gasteiger charge is -2.25. The number of benzene rings is 1. The molecule has 2 nitrogen and oxygen atoms in total. The monoisotopic (exact) mass is 227 g/mol. The predicted octanol–water partition coefficient (Wildman–Crippen LogP) is 2.00. The van der Waals surface area contributed by atoms with E-state index in [9.17, 15) is 13.9 Å². The Balaban J connectivity index is 2.34. The first-order valence-corrected chi connectivity index (χ1v) is 5.36. The van der Waals surface area contributed by atoms with E-state index >= 15 is 0 Å². The van der Waals surface area contributed by atoms with Crippen LogP contribution in [0, 0.1) is 17.0 Å². The number of aliphatic hydroxyl groups excluding tert-OH is 1. The topological polar surface area (TPSA) is 32.3 Å². The van der Waals surface area contributed by atoms with Crippen molar-refractivity contribution in [2.75, 3.05) is 13.7 Å². The summed E-state index contributed by atoms with van der Waals surface area (Å²) in [7, 11) is 1.73. The highest BCUT2D eigenvalue weighted by Gasteiger charge is 2.49. The van der Waals surface area contributed by atoms with E-state index in [4.69, 9.17) is 0 Å². The van der Waals surface area contributed by atoms with E-state index in [2.05, 4.69) is 5.32 Å². The zero-order chi connectivity index (χ0) is 11.8. The zero-order valence-corrected chi connectivity index (χ0v) is 9.13. The summed E-state index contributed by atoms with van der Waals surface area (Å²) in [5, 5.41) is 12.3. The van der Waals surface area contributed by atoms with E-state index in [0.717, 1.165) is 18.9 Å². The van der Waals surface area contributed by atoms with Crippen LogP contribution in [0.4, 0.5) is 8.78 Å². The molecule has 16 heavy (non-hydrogen) atoms. The van der Waals surface area contributed by atoms with Crippen molar-refractivity contribution in [3.05, 3.63) is 35.4 Å². The fraction of sp³-hybridized carbons (Fsp3) is 0.500. The molecule has 0 amide bonds. The molecule has 0 heterocycles. The van der Waals surface area contributed by atoms with Gasteiger partial charge < -0.3 is 10.4 Å². The molecular weight excluding hydrogens is 212 g/mol. The van der Waals surface area contributed by atoms with Crippen LogP contribution in [-0.2, 0) is 0 Å². The summed E-state index contributed by atoms with van der Waals surface area (Å²) in [5.41, 5.74) is 0.156. The summed E-state index contributed by atoms with van der Waals surface area (Å²) in [6, 6.07) is 3.32. The molecule has 0 bridgehead atoms. The van der Waals surface area contributed by atoms with Crippen LogP contribution in [0.15, 0.2) is 18.2 Å². The molecule has 0 saturated heterocycles. The Morgan fingerprint density at radius 3 is 2.56 bits per heavy atom. The number of hydrogen-bond donors (Lipinski definition) is 2. The smallest absolute Gasteiger partial charge is 0.130 e. The third-order valence-electron chi connectivity index (χ3n) is 3.38. The molecule has 1 atom stereocenters. The van der Waals surface area contributed by atoms with E-state index in [1.54, 1.807) is 7.05 Å². The average molecular weight is 227 g/mol. The highest BCUT2D eigenvalue weighted by molar-refractivity contribution is 5.26. The maximum Gasteiger partial charge on any atom is 0.130 e. The second-order valence-electron chi connectivity index (χ2n) is 4.41. The van der Waals surface area contributed by atoms with Crippen molar-refractivity contribution in [2.45, 2.75) is 18.9 Å². The van der Waals surface area contributed by atoms with E-state index in [0.29, 0.717) is 5.56 Å². The Kier molecular flexibility index (Phi) is 2.95. The van der Waals surface area contributed by atoms with Gasteiger partial charge in [-0.25, -0.2) is 8.78 Å². The van der Waals surface area contributed by atoms with Crippen molar-refractivity contribution in [1.29, 1.82) is 0 Å². The largest absolute Gasteiger partial charge is 0.396 e. The summed E-state index contributed by atoms with van der Waals surface area (Å²) in [6.07, 6.45) is 1.73. The zero-order valence-electron chi connectivity index (χ0n) is 9.13. The quantitative estimate of drug-likeness (QED) is 0.824. The summed E-state index contributed by atoms with van der Waals surface area (Å²) in [4.78, 5) is 0. The second-order valence-corrected chi connectivity index (χ2v) is 4.41. The Labute approximate surface area is 93.3 Å². The Morgan fingerprint density at radius 2 is 2.12 bits per heavy atom. The van der Waals surface area contributed by atoms with Gasteiger partial charge in [0.2, 0.25) is 0 Å². The molecule has 1 saturated carbocycles. The molecule has 0 radical (unpaired) electrons. The summed E-state index contributed by atoms with van der Waals surface area (Å²) in [5.74, 6) is -1.14. The second kappa shape index (κ2) is 4.11. The summed E-state index contributed by atoms with van der Waals surface area (Å²) >= 11 is 0. The van der Waals surface area contributed by atoms with Crippen molar-refractivity contribution in [3.63, 3.8) is 0 Å². The molecule has 1 aromatic carbocycles. The maximum absolute atomic E-state index is 13.6. The minimum absolute atomic E-state index is 0.0231. The lowest BCUT2D eigenvalue weighted by atomic mass is 9.90. The molecule has 0 spiro atoms. The lowest BCUT2D eigenvalue weighted by molar-refractivity contribution is 0.173. The summed E-state index contributed by atoms with van der Waals surface area (Å²) in [6.45, 7) is 0.0231. The lowest BCUT2D eigenvalue weighted by Crippen LogP contribution is -2.30. The molecule has 1 aliphatic rings. The van der Waals surface area contributed by atoms with Crippen molar-refractivity contribution in [1.82, 2.24) is 5.32 Å².